The van der Waals surface area contributed by atoms with Crippen molar-refractivity contribution in [2.75, 3.05) is 18.9 Å². The number of nitrogen functional groups attached to an aromatic ring is 1. The van der Waals surface area contributed by atoms with Gasteiger partial charge in [0.25, 0.3) is 10.0 Å². The van der Waals surface area contributed by atoms with Crippen molar-refractivity contribution in [1.82, 2.24) is 13.9 Å². The van der Waals surface area contributed by atoms with Crippen molar-refractivity contribution in [3.8, 4) is 0 Å². The molecule has 102 valence electrons. The first-order chi connectivity index (χ1) is 8.34. The van der Waals surface area contributed by atoms with Crippen molar-refractivity contribution >= 4 is 15.8 Å². The number of anilines is 1. The van der Waals surface area contributed by atoms with Gasteiger partial charge in [0.2, 0.25) is 0 Å². The van der Waals surface area contributed by atoms with Gasteiger partial charge in [-0.1, -0.05) is 0 Å². The zero-order valence-electron chi connectivity index (χ0n) is 10.7. The molecule has 2 rings (SSSR count). The van der Waals surface area contributed by atoms with E-state index in [2.05, 4.69) is 4.98 Å². The molecule has 2 atom stereocenters. The Hall–Kier alpha value is -1.12. The van der Waals surface area contributed by atoms with E-state index in [4.69, 9.17) is 10.5 Å². The lowest BCUT2D eigenvalue weighted by Crippen LogP contribution is -2.50. The van der Waals surface area contributed by atoms with Crippen molar-refractivity contribution in [2.24, 2.45) is 7.05 Å². The molecule has 1 aliphatic heterocycles. The molecule has 0 aromatic carbocycles. The molecule has 1 fully saturated rings. The molecule has 0 amide bonds. The summed E-state index contributed by atoms with van der Waals surface area (Å²) in [6.45, 7) is 4.38. The van der Waals surface area contributed by atoms with Crippen LogP contribution in [0, 0.1) is 0 Å². The monoisotopic (exact) mass is 274 g/mol. The topological polar surface area (TPSA) is 90.5 Å². The van der Waals surface area contributed by atoms with Crippen LogP contribution in [0.2, 0.25) is 0 Å². The Balaban J connectivity index is 2.42. The molecule has 0 spiro atoms. The molecule has 1 aliphatic rings. The molecule has 1 aromatic heterocycles. The van der Waals surface area contributed by atoms with E-state index in [-0.39, 0.29) is 23.0 Å². The van der Waals surface area contributed by atoms with Crippen LogP contribution in [0.4, 0.5) is 5.82 Å². The summed E-state index contributed by atoms with van der Waals surface area (Å²) in [7, 11) is -2.02. The molecule has 0 aliphatic carbocycles. The highest BCUT2D eigenvalue weighted by atomic mass is 32.2. The molecule has 0 bridgehead atoms. The van der Waals surface area contributed by atoms with Gasteiger partial charge < -0.3 is 15.0 Å². The Morgan fingerprint density at radius 3 is 2.72 bits per heavy atom. The third kappa shape index (κ3) is 2.11. The van der Waals surface area contributed by atoms with Crippen molar-refractivity contribution in [1.29, 1.82) is 0 Å². The first-order valence-corrected chi connectivity index (χ1v) is 7.18. The Morgan fingerprint density at radius 2 is 2.17 bits per heavy atom. The van der Waals surface area contributed by atoms with Gasteiger partial charge in [-0.05, 0) is 13.8 Å². The lowest BCUT2D eigenvalue weighted by Gasteiger charge is -2.35. The molecule has 2 N–H and O–H groups in total. The van der Waals surface area contributed by atoms with E-state index < -0.39 is 10.0 Å². The maximum absolute atomic E-state index is 12.6. The van der Waals surface area contributed by atoms with Gasteiger partial charge in [-0.15, -0.1) is 0 Å². The van der Waals surface area contributed by atoms with Crippen LogP contribution in [-0.2, 0) is 21.8 Å². The highest BCUT2D eigenvalue weighted by molar-refractivity contribution is 7.89. The molecule has 2 unspecified atom stereocenters. The predicted molar refractivity (Wildman–Crippen MR) is 66.4 cm³/mol. The van der Waals surface area contributed by atoms with Crippen molar-refractivity contribution < 1.29 is 13.2 Å². The first kappa shape index (κ1) is 13.3. The van der Waals surface area contributed by atoms with Crippen LogP contribution in [0.5, 0.6) is 0 Å². The van der Waals surface area contributed by atoms with Gasteiger partial charge in [0, 0.05) is 19.6 Å². The third-order valence-electron chi connectivity index (χ3n) is 3.01. The molecule has 0 radical (unpaired) electrons. The minimum atomic E-state index is -3.63. The van der Waals surface area contributed by atoms with Gasteiger partial charge >= 0.3 is 0 Å². The van der Waals surface area contributed by atoms with E-state index in [9.17, 15) is 8.42 Å². The quantitative estimate of drug-likeness (QED) is 0.806. The fraction of sp³-hybridized carbons (Fsp3) is 0.700. The predicted octanol–water partition coefficient (Wildman–Crippen LogP) is -0.200. The minimum absolute atomic E-state index is 0.0313. The average Bonchev–Trinajstić information content (AvgIpc) is 2.62. The van der Waals surface area contributed by atoms with Gasteiger partial charge in [0.1, 0.15) is 0 Å². The number of nitrogens with zero attached hydrogens (tertiary/aromatic N) is 3. The fourth-order valence-corrected chi connectivity index (χ4v) is 3.96. The van der Waals surface area contributed by atoms with Crippen LogP contribution in [0.15, 0.2) is 11.4 Å². The fourth-order valence-electron chi connectivity index (χ4n) is 2.07. The van der Waals surface area contributed by atoms with Gasteiger partial charge in [0.05, 0.1) is 19.0 Å². The van der Waals surface area contributed by atoms with E-state index in [1.807, 2.05) is 13.8 Å². The van der Waals surface area contributed by atoms with Gasteiger partial charge in [-0.2, -0.15) is 4.31 Å². The van der Waals surface area contributed by atoms with Crippen LogP contribution in [0.25, 0.3) is 0 Å². The Labute approximate surface area is 107 Å². The summed E-state index contributed by atoms with van der Waals surface area (Å²) in [6, 6.07) is -0.208. The lowest BCUT2D eigenvalue weighted by atomic mass is 10.2. The number of morpholine rings is 1. The summed E-state index contributed by atoms with van der Waals surface area (Å²) >= 11 is 0. The highest BCUT2D eigenvalue weighted by Gasteiger charge is 2.37. The first-order valence-electron chi connectivity index (χ1n) is 5.74. The lowest BCUT2D eigenvalue weighted by molar-refractivity contribution is -0.0171. The number of rotatable bonds is 2. The summed E-state index contributed by atoms with van der Waals surface area (Å²) in [6.07, 6.45) is 1.28. The number of sulfonamides is 1. The van der Waals surface area contributed by atoms with Crippen molar-refractivity contribution in [3.05, 3.63) is 6.33 Å². The number of ether oxygens (including phenoxy) is 1. The summed E-state index contributed by atoms with van der Waals surface area (Å²) in [5.74, 6) is 0.0313. The Morgan fingerprint density at radius 1 is 1.50 bits per heavy atom. The zero-order valence-corrected chi connectivity index (χ0v) is 11.5. The molecule has 18 heavy (non-hydrogen) atoms. The summed E-state index contributed by atoms with van der Waals surface area (Å²) in [4.78, 5) is 3.82. The van der Waals surface area contributed by atoms with Gasteiger partial charge in [-0.3, -0.25) is 0 Å². The summed E-state index contributed by atoms with van der Waals surface area (Å²) in [5.41, 5.74) is 5.65. The number of aryl methyl sites for hydroxylation is 1. The van der Waals surface area contributed by atoms with Crippen LogP contribution < -0.4 is 5.73 Å². The molecule has 7 nitrogen and oxygen atoms in total. The smallest absolute Gasteiger partial charge is 0.262 e. The standard InChI is InChI=1S/C10H18N4O3S/c1-7-5-17-8(2)4-14(7)18(15,16)10-9(11)12-6-13(10)3/h6-8H,4-5,11H2,1-3H3. The summed E-state index contributed by atoms with van der Waals surface area (Å²) < 4.78 is 33.4. The van der Waals surface area contributed by atoms with E-state index >= 15 is 0 Å². The van der Waals surface area contributed by atoms with Gasteiger partial charge in [0.15, 0.2) is 10.8 Å². The normalized spacial score (nSPS) is 26.4. The second-order valence-corrected chi connectivity index (χ2v) is 6.42. The van der Waals surface area contributed by atoms with Crippen LogP contribution in [0.1, 0.15) is 13.8 Å². The molecule has 1 saturated heterocycles. The van der Waals surface area contributed by atoms with Crippen LogP contribution >= 0.6 is 0 Å². The van der Waals surface area contributed by atoms with E-state index in [1.54, 1.807) is 7.05 Å². The maximum Gasteiger partial charge on any atom is 0.262 e. The molecule has 2 heterocycles. The Bertz CT molecular complexity index is 520. The molecule has 0 saturated carbocycles. The Kier molecular flexibility index (Phi) is 3.35. The van der Waals surface area contributed by atoms with E-state index in [1.165, 1.54) is 15.2 Å². The zero-order chi connectivity index (χ0) is 13.5. The average molecular weight is 274 g/mol. The number of hydrogen-bond donors (Lipinski definition) is 1. The molecular weight excluding hydrogens is 256 g/mol. The number of nitrogens with two attached hydrogens (primary N) is 1. The second kappa shape index (κ2) is 4.52. The minimum Gasteiger partial charge on any atom is -0.381 e. The van der Waals surface area contributed by atoms with Gasteiger partial charge in [-0.25, -0.2) is 13.4 Å². The van der Waals surface area contributed by atoms with Crippen LogP contribution in [0.3, 0.4) is 0 Å². The van der Waals surface area contributed by atoms with E-state index in [0.717, 1.165) is 0 Å². The maximum atomic E-state index is 12.6. The molecule has 1 aromatic rings. The number of hydrogen-bond acceptors (Lipinski definition) is 5. The summed E-state index contributed by atoms with van der Waals surface area (Å²) in [5, 5.41) is 0.0449. The highest BCUT2D eigenvalue weighted by Crippen LogP contribution is 2.25. The number of imidazole rings is 1. The largest absolute Gasteiger partial charge is 0.381 e. The second-order valence-electron chi connectivity index (χ2n) is 4.61. The van der Waals surface area contributed by atoms with Crippen molar-refractivity contribution in [3.63, 3.8) is 0 Å². The van der Waals surface area contributed by atoms with Crippen LogP contribution in [-0.4, -0.2) is 47.6 Å². The SMILES string of the molecule is CC1CN(S(=O)(=O)c2c(N)ncn2C)C(C)CO1. The van der Waals surface area contributed by atoms with E-state index in [0.29, 0.717) is 13.2 Å². The number of aromatic nitrogens is 2. The van der Waals surface area contributed by atoms with Crippen molar-refractivity contribution in [2.45, 2.75) is 31.0 Å². The molecule has 8 heteroatoms. The third-order valence-corrected chi connectivity index (χ3v) is 5.13. The molecular formula is C10H18N4O3S.